The Balaban J connectivity index is 1.74. The summed E-state index contributed by atoms with van der Waals surface area (Å²) in [5.74, 6) is 0.937. The second kappa shape index (κ2) is 2.59. The van der Waals surface area contributed by atoms with Gasteiger partial charge in [-0.3, -0.25) is 0 Å². The second-order valence-electron chi connectivity index (χ2n) is 4.69. The molecule has 82 valence electrons. The van der Waals surface area contributed by atoms with Gasteiger partial charge in [0.15, 0.2) is 5.60 Å². The van der Waals surface area contributed by atoms with Gasteiger partial charge in [0.25, 0.3) is 0 Å². The van der Waals surface area contributed by atoms with Gasteiger partial charge in [-0.15, -0.1) is 0 Å². The van der Waals surface area contributed by atoms with Gasteiger partial charge in [-0.1, -0.05) is 20.1 Å². The fraction of sp³-hybridized carbons (Fsp3) is 0.667. The van der Waals surface area contributed by atoms with E-state index in [4.69, 9.17) is 14.2 Å². The maximum Gasteiger partial charge on any atom is 0.169 e. The molecule has 0 radical (unpaired) electrons. The Morgan fingerprint density at radius 2 is 2.27 bits per heavy atom. The van der Waals surface area contributed by atoms with E-state index in [0.29, 0.717) is 18.4 Å². The molecule has 2 bridgehead atoms. The van der Waals surface area contributed by atoms with Crippen molar-refractivity contribution < 1.29 is 14.2 Å². The van der Waals surface area contributed by atoms with Crippen LogP contribution in [0.15, 0.2) is 25.7 Å². The molecule has 2 saturated heterocycles. The first kappa shape index (κ1) is 9.28. The molecule has 0 N–H and O–H groups in total. The lowest BCUT2D eigenvalue weighted by Gasteiger charge is -2.35. The first-order valence-electron chi connectivity index (χ1n) is 5.42. The minimum atomic E-state index is -0.0794. The van der Waals surface area contributed by atoms with Crippen LogP contribution in [0, 0.1) is 11.8 Å². The first-order valence-corrected chi connectivity index (χ1v) is 5.42. The van der Waals surface area contributed by atoms with Crippen LogP contribution in [0.5, 0.6) is 0 Å². The van der Waals surface area contributed by atoms with E-state index in [1.54, 1.807) is 6.26 Å². The molecule has 2 saturated carbocycles. The summed E-state index contributed by atoms with van der Waals surface area (Å²) in [6.07, 6.45) is 4.26. The summed E-state index contributed by atoms with van der Waals surface area (Å²) >= 11 is 0. The highest BCUT2D eigenvalue weighted by Crippen LogP contribution is 2.79. The molecule has 2 heterocycles. The minimum Gasteiger partial charge on any atom is -0.501 e. The van der Waals surface area contributed by atoms with Crippen LogP contribution in [-0.4, -0.2) is 23.9 Å². The topological polar surface area (TPSA) is 27.7 Å². The maximum atomic E-state index is 5.90. The number of rotatable bonds is 5. The summed E-state index contributed by atoms with van der Waals surface area (Å²) in [4.78, 5) is 0. The van der Waals surface area contributed by atoms with Gasteiger partial charge in [-0.2, -0.15) is 0 Å². The standard InChI is InChI=1S/C12H16O3/c1-4-13-7-9-6-11-8(3)12(11,14-5-2)10(9)15-11/h4-5,8-10H,1-2,6-7H2,3H3/t8-,9?,10?,11?,12?/m1/s1. The predicted octanol–water partition coefficient (Wildman–Crippen LogP) is 1.85. The Kier molecular flexibility index (Phi) is 1.60. The van der Waals surface area contributed by atoms with Gasteiger partial charge in [-0.25, -0.2) is 0 Å². The Labute approximate surface area is 89.7 Å². The average molecular weight is 208 g/mol. The maximum absolute atomic E-state index is 5.90. The van der Waals surface area contributed by atoms with Crippen molar-refractivity contribution in [1.29, 1.82) is 0 Å². The first-order chi connectivity index (χ1) is 7.23. The lowest BCUT2D eigenvalue weighted by atomic mass is 9.99. The minimum absolute atomic E-state index is 0.0267. The molecule has 0 aromatic rings. The summed E-state index contributed by atoms with van der Waals surface area (Å²) in [6, 6.07) is 0. The smallest absolute Gasteiger partial charge is 0.169 e. The van der Waals surface area contributed by atoms with Crippen LogP contribution in [-0.2, 0) is 14.2 Å². The van der Waals surface area contributed by atoms with Gasteiger partial charge in [0, 0.05) is 11.8 Å². The highest BCUT2D eigenvalue weighted by Gasteiger charge is 2.95. The van der Waals surface area contributed by atoms with Crippen LogP contribution in [0.25, 0.3) is 0 Å². The number of ether oxygens (including phenoxy) is 3. The van der Waals surface area contributed by atoms with E-state index in [1.165, 1.54) is 6.26 Å². The molecule has 4 unspecified atom stereocenters. The number of hydrogen-bond acceptors (Lipinski definition) is 3. The Morgan fingerprint density at radius 1 is 1.47 bits per heavy atom. The molecule has 15 heavy (non-hydrogen) atoms. The second-order valence-corrected chi connectivity index (χ2v) is 4.69. The van der Waals surface area contributed by atoms with Crippen molar-refractivity contribution in [3.8, 4) is 0 Å². The number of fused-ring (bicyclic) bond motifs is 1. The van der Waals surface area contributed by atoms with E-state index < -0.39 is 0 Å². The van der Waals surface area contributed by atoms with Crippen molar-refractivity contribution >= 4 is 0 Å². The van der Waals surface area contributed by atoms with Crippen molar-refractivity contribution in [2.75, 3.05) is 6.61 Å². The third-order valence-electron chi connectivity index (χ3n) is 4.38. The van der Waals surface area contributed by atoms with Crippen LogP contribution in [0.2, 0.25) is 0 Å². The monoisotopic (exact) mass is 208 g/mol. The van der Waals surface area contributed by atoms with Gasteiger partial charge in [0.2, 0.25) is 0 Å². The zero-order chi connectivity index (χ0) is 10.7. The van der Waals surface area contributed by atoms with Gasteiger partial charge < -0.3 is 14.2 Å². The summed E-state index contributed by atoms with van der Waals surface area (Å²) < 4.78 is 16.8. The van der Waals surface area contributed by atoms with E-state index in [2.05, 4.69) is 20.1 Å². The molecule has 2 aliphatic heterocycles. The summed E-state index contributed by atoms with van der Waals surface area (Å²) in [5.41, 5.74) is -0.106. The normalized spacial score (nSPS) is 53.8. The lowest BCUT2D eigenvalue weighted by Crippen LogP contribution is -2.48. The van der Waals surface area contributed by atoms with Crippen molar-refractivity contribution in [2.24, 2.45) is 11.8 Å². The quantitative estimate of drug-likeness (QED) is 0.645. The van der Waals surface area contributed by atoms with Crippen molar-refractivity contribution in [3.63, 3.8) is 0 Å². The molecular weight excluding hydrogens is 192 g/mol. The molecule has 0 amide bonds. The molecule has 0 aromatic heterocycles. The molecule has 2 aliphatic carbocycles. The van der Waals surface area contributed by atoms with E-state index >= 15 is 0 Å². The fourth-order valence-corrected chi connectivity index (χ4v) is 3.71. The zero-order valence-electron chi connectivity index (χ0n) is 8.94. The Bertz CT molecular complexity index is 327. The van der Waals surface area contributed by atoms with E-state index in [-0.39, 0.29) is 17.3 Å². The summed E-state index contributed by atoms with van der Waals surface area (Å²) in [7, 11) is 0. The van der Waals surface area contributed by atoms with Crippen molar-refractivity contribution in [3.05, 3.63) is 25.7 Å². The van der Waals surface area contributed by atoms with Crippen LogP contribution in [0.4, 0.5) is 0 Å². The van der Waals surface area contributed by atoms with Gasteiger partial charge in [-0.05, 0) is 6.42 Å². The molecule has 4 rings (SSSR count). The van der Waals surface area contributed by atoms with E-state index in [1.807, 2.05) is 0 Å². The van der Waals surface area contributed by atoms with Gasteiger partial charge in [0.1, 0.15) is 11.7 Å². The molecule has 3 heteroatoms. The third kappa shape index (κ3) is 0.750. The largest absolute Gasteiger partial charge is 0.501 e. The fourth-order valence-electron chi connectivity index (χ4n) is 3.71. The summed E-state index contributed by atoms with van der Waals surface area (Å²) in [6.45, 7) is 10.1. The van der Waals surface area contributed by atoms with Crippen LogP contribution in [0.3, 0.4) is 0 Å². The molecule has 4 fully saturated rings. The van der Waals surface area contributed by atoms with Crippen LogP contribution >= 0.6 is 0 Å². The average Bonchev–Trinajstić information content (AvgIpc) is 2.65. The Hall–Kier alpha value is -0.960. The van der Waals surface area contributed by atoms with Gasteiger partial charge >= 0.3 is 0 Å². The predicted molar refractivity (Wildman–Crippen MR) is 55.0 cm³/mol. The molecule has 4 aliphatic rings. The van der Waals surface area contributed by atoms with Crippen molar-refractivity contribution in [2.45, 2.75) is 30.7 Å². The van der Waals surface area contributed by atoms with Crippen LogP contribution in [0.1, 0.15) is 13.3 Å². The van der Waals surface area contributed by atoms with Gasteiger partial charge in [0.05, 0.1) is 19.1 Å². The summed E-state index contributed by atoms with van der Waals surface area (Å²) in [5, 5.41) is 0. The third-order valence-corrected chi connectivity index (χ3v) is 4.38. The molecule has 5 atom stereocenters. The molecule has 1 spiro atoms. The van der Waals surface area contributed by atoms with Crippen LogP contribution < -0.4 is 0 Å². The zero-order valence-corrected chi connectivity index (χ0v) is 8.94. The highest BCUT2D eigenvalue weighted by atomic mass is 16.7. The molecular formula is C12H16O3. The Morgan fingerprint density at radius 3 is 2.93 bits per heavy atom. The number of hydrogen-bond donors (Lipinski definition) is 0. The highest BCUT2D eigenvalue weighted by molar-refractivity contribution is 5.42. The lowest BCUT2D eigenvalue weighted by molar-refractivity contribution is -0.187. The molecule has 0 aromatic carbocycles. The molecule has 3 nitrogen and oxygen atoms in total. The SMILES string of the molecule is C=COCC1CC23OC1C2(OC=C)[C@@H]3C. The van der Waals surface area contributed by atoms with E-state index in [9.17, 15) is 0 Å². The van der Waals surface area contributed by atoms with E-state index in [0.717, 1.165) is 6.42 Å². The van der Waals surface area contributed by atoms with Crippen molar-refractivity contribution in [1.82, 2.24) is 0 Å².